The van der Waals surface area contributed by atoms with Gasteiger partial charge in [-0.25, -0.2) is 9.97 Å². The number of anilines is 1. The molecule has 2 aliphatic rings. The molecule has 0 radical (unpaired) electrons. The van der Waals surface area contributed by atoms with Crippen LogP contribution in [-0.4, -0.2) is 45.7 Å². The van der Waals surface area contributed by atoms with Gasteiger partial charge in [0.15, 0.2) is 5.65 Å². The van der Waals surface area contributed by atoms with Gasteiger partial charge in [0.2, 0.25) is 5.95 Å². The van der Waals surface area contributed by atoms with E-state index >= 15 is 0 Å². The molecule has 31 heavy (non-hydrogen) atoms. The Morgan fingerprint density at radius 1 is 1.16 bits per heavy atom. The number of fused-ring (bicyclic) bond motifs is 1. The van der Waals surface area contributed by atoms with Crippen molar-refractivity contribution in [1.82, 2.24) is 14.4 Å². The highest BCUT2D eigenvalue weighted by molar-refractivity contribution is 7.99. The fraction of sp³-hybridized carbons (Fsp3) is 0.455. The number of rotatable bonds is 3. The maximum atomic E-state index is 6.60. The van der Waals surface area contributed by atoms with Crippen molar-refractivity contribution < 1.29 is 4.74 Å². The van der Waals surface area contributed by atoms with Gasteiger partial charge in [-0.3, -0.25) is 4.40 Å². The zero-order chi connectivity index (χ0) is 21.8. The highest BCUT2D eigenvalue weighted by Gasteiger charge is 2.53. The van der Waals surface area contributed by atoms with Crippen molar-refractivity contribution in [2.24, 2.45) is 11.1 Å². The molecule has 0 unspecified atom stereocenters. The molecule has 9 heteroatoms. The number of imidazole rings is 1. The Labute approximate surface area is 196 Å². The number of nitrogens with zero attached hydrogens (tertiary/aromatic N) is 4. The van der Waals surface area contributed by atoms with E-state index in [1.165, 1.54) is 11.8 Å². The molecule has 2 aliphatic heterocycles. The van der Waals surface area contributed by atoms with Crippen molar-refractivity contribution >= 4 is 46.6 Å². The van der Waals surface area contributed by atoms with E-state index in [2.05, 4.69) is 23.7 Å². The van der Waals surface area contributed by atoms with Crippen LogP contribution < -0.4 is 10.6 Å². The van der Waals surface area contributed by atoms with Crippen LogP contribution in [0.5, 0.6) is 0 Å². The first-order valence-corrected chi connectivity index (χ1v) is 12.0. The molecule has 1 spiro atoms. The molecule has 1 atom stereocenters. The second-order valence-electron chi connectivity index (χ2n) is 9.00. The molecule has 2 aromatic heterocycles. The summed E-state index contributed by atoms with van der Waals surface area (Å²) in [5.74, 6) is 0.884. The van der Waals surface area contributed by atoms with Crippen molar-refractivity contribution in [2.75, 3.05) is 24.6 Å². The average molecular weight is 478 g/mol. The Hall–Kier alpha value is -1.51. The molecule has 164 valence electrons. The summed E-state index contributed by atoms with van der Waals surface area (Å²) < 4.78 is 8.29. The topological polar surface area (TPSA) is 68.7 Å². The first-order chi connectivity index (χ1) is 14.8. The summed E-state index contributed by atoms with van der Waals surface area (Å²) in [6, 6.07) is 5.67. The van der Waals surface area contributed by atoms with Gasteiger partial charge in [-0.15, -0.1) is 0 Å². The highest BCUT2D eigenvalue weighted by Crippen LogP contribution is 2.44. The molecule has 4 heterocycles. The zero-order valence-electron chi connectivity index (χ0n) is 17.5. The smallest absolute Gasteiger partial charge is 0.211 e. The largest absolute Gasteiger partial charge is 0.373 e. The lowest BCUT2D eigenvalue weighted by Crippen LogP contribution is -2.56. The number of hydrogen-bond donors (Lipinski definition) is 1. The normalized spacial score (nSPS) is 22.5. The number of hydrogen-bond acceptors (Lipinski definition) is 6. The number of halogens is 2. The van der Waals surface area contributed by atoms with Crippen molar-refractivity contribution in [3.05, 3.63) is 46.8 Å². The predicted octanol–water partition coefficient (Wildman–Crippen LogP) is 4.91. The van der Waals surface area contributed by atoms with Gasteiger partial charge in [-0.2, -0.15) is 0 Å². The van der Waals surface area contributed by atoms with Crippen molar-refractivity contribution in [3.8, 4) is 0 Å². The molecule has 0 amide bonds. The van der Waals surface area contributed by atoms with Gasteiger partial charge < -0.3 is 15.4 Å². The van der Waals surface area contributed by atoms with Crippen LogP contribution in [0.25, 0.3) is 5.65 Å². The molecule has 2 fully saturated rings. The van der Waals surface area contributed by atoms with Crippen molar-refractivity contribution in [1.29, 1.82) is 0 Å². The Bertz CT molecular complexity index is 1130. The van der Waals surface area contributed by atoms with E-state index in [1.807, 2.05) is 28.9 Å². The maximum absolute atomic E-state index is 6.60. The summed E-state index contributed by atoms with van der Waals surface area (Å²) in [6.07, 6.45) is 7.40. The third-order valence-corrected chi connectivity index (χ3v) is 8.54. The molecule has 5 rings (SSSR count). The summed E-state index contributed by atoms with van der Waals surface area (Å²) in [7, 11) is 0. The van der Waals surface area contributed by atoms with Crippen LogP contribution in [0, 0.1) is 5.41 Å². The fourth-order valence-corrected chi connectivity index (χ4v) is 6.04. The second-order valence-corrected chi connectivity index (χ2v) is 10.9. The van der Waals surface area contributed by atoms with Crippen LogP contribution in [0.1, 0.15) is 26.7 Å². The third-order valence-electron chi connectivity index (χ3n) is 6.54. The number of ether oxygens (including phenoxy) is 1. The summed E-state index contributed by atoms with van der Waals surface area (Å²) in [5.41, 5.74) is 7.23. The van der Waals surface area contributed by atoms with Gasteiger partial charge in [0.1, 0.15) is 0 Å². The van der Waals surface area contributed by atoms with Gasteiger partial charge in [0, 0.05) is 48.0 Å². The highest BCUT2D eigenvalue weighted by atomic mass is 35.5. The van der Waals surface area contributed by atoms with Gasteiger partial charge in [0.05, 0.1) is 27.1 Å². The quantitative estimate of drug-likeness (QED) is 0.577. The standard InChI is InChI=1S/C22H25Cl2N5OS/c1-21(2)13-30-22(19(21)25)6-9-28(10-7-22)20-27-12-16(18-26-8-11-29(18)20)31-15-5-3-4-14(23)17(15)24/h3-5,8,11-12,19H,6-7,9-10,13,25H2,1-2H3/t19-/m0/s1. The van der Waals surface area contributed by atoms with E-state index in [-0.39, 0.29) is 17.1 Å². The lowest BCUT2D eigenvalue weighted by atomic mass is 9.75. The van der Waals surface area contributed by atoms with E-state index in [0.717, 1.165) is 53.9 Å². The predicted molar refractivity (Wildman–Crippen MR) is 125 cm³/mol. The Kier molecular flexibility index (Phi) is 5.38. The van der Waals surface area contributed by atoms with Gasteiger partial charge in [-0.05, 0) is 25.0 Å². The van der Waals surface area contributed by atoms with E-state index in [0.29, 0.717) is 10.0 Å². The lowest BCUT2D eigenvalue weighted by Gasteiger charge is -2.42. The maximum Gasteiger partial charge on any atom is 0.211 e. The minimum atomic E-state index is -0.229. The Morgan fingerprint density at radius 2 is 1.94 bits per heavy atom. The van der Waals surface area contributed by atoms with Crippen molar-refractivity contribution in [3.63, 3.8) is 0 Å². The molecule has 2 saturated heterocycles. The third kappa shape index (κ3) is 3.60. The minimum Gasteiger partial charge on any atom is -0.373 e. The summed E-state index contributed by atoms with van der Waals surface area (Å²) in [4.78, 5) is 13.5. The number of aromatic nitrogens is 3. The second kappa shape index (κ2) is 7.81. The zero-order valence-corrected chi connectivity index (χ0v) is 19.8. The monoisotopic (exact) mass is 477 g/mol. The van der Waals surface area contributed by atoms with Crippen LogP contribution in [0.3, 0.4) is 0 Å². The van der Waals surface area contributed by atoms with Crippen LogP contribution in [0.2, 0.25) is 10.0 Å². The van der Waals surface area contributed by atoms with E-state index < -0.39 is 0 Å². The first-order valence-electron chi connectivity index (χ1n) is 10.4. The first kappa shape index (κ1) is 21.3. The number of piperidine rings is 1. The number of nitrogens with two attached hydrogens (primary N) is 1. The Balaban J connectivity index is 1.40. The molecular formula is C22H25Cl2N5OS. The van der Waals surface area contributed by atoms with Gasteiger partial charge in [0.25, 0.3) is 0 Å². The molecule has 6 nitrogen and oxygen atoms in total. The SMILES string of the molecule is CC1(C)COC2(CCN(c3ncc(Sc4cccc(Cl)c4Cl)c4nccn34)CC2)[C@H]1N. The molecule has 3 aromatic rings. The molecule has 0 bridgehead atoms. The van der Waals surface area contributed by atoms with E-state index in [4.69, 9.17) is 38.7 Å². The van der Waals surface area contributed by atoms with Crippen molar-refractivity contribution in [2.45, 2.75) is 48.1 Å². The van der Waals surface area contributed by atoms with Crippen LogP contribution in [0.4, 0.5) is 5.95 Å². The molecule has 0 aliphatic carbocycles. The van der Waals surface area contributed by atoms with E-state index in [9.17, 15) is 0 Å². The minimum absolute atomic E-state index is 0.0124. The van der Waals surface area contributed by atoms with Gasteiger partial charge >= 0.3 is 0 Å². The summed E-state index contributed by atoms with van der Waals surface area (Å²) in [5, 5.41) is 1.08. The van der Waals surface area contributed by atoms with Crippen LogP contribution in [-0.2, 0) is 4.74 Å². The van der Waals surface area contributed by atoms with Crippen LogP contribution in [0.15, 0.2) is 46.6 Å². The molecular weight excluding hydrogens is 453 g/mol. The molecule has 2 N–H and O–H groups in total. The summed E-state index contributed by atoms with van der Waals surface area (Å²) >= 11 is 14.1. The summed E-state index contributed by atoms with van der Waals surface area (Å²) in [6.45, 7) is 6.79. The van der Waals surface area contributed by atoms with Crippen LogP contribution >= 0.6 is 35.0 Å². The molecule has 0 saturated carbocycles. The lowest BCUT2D eigenvalue weighted by molar-refractivity contribution is -0.0236. The fourth-order valence-electron chi connectivity index (χ4n) is 4.63. The van der Waals surface area contributed by atoms with E-state index in [1.54, 1.807) is 12.3 Å². The van der Waals surface area contributed by atoms with Gasteiger partial charge in [-0.1, -0.05) is 54.9 Å². The number of benzene rings is 1. The Morgan fingerprint density at radius 3 is 2.65 bits per heavy atom. The average Bonchev–Trinajstić information content (AvgIpc) is 3.33. The molecule has 1 aromatic carbocycles.